The van der Waals surface area contributed by atoms with Gasteiger partial charge in [-0.15, -0.1) is 10.2 Å². The predicted octanol–water partition coefficient (Wildman–Crippen LogP) is 0.224. The molecule has 2 N–H and O–H groups in total. The van der Waals surface area contributed by atoms with Crippen molar-refractivity contribution < 1.29 is 0 Å². The van der Waals surface area contributed by atoms with Gasteiger partial charge in [-0.25, -0.2) is 4.98 Å². The van der Waals surface area contributed by atoms with Crippen molar-refractivity contribution >= 4 is 11.6 Å². The van der Waals surface area contributed by atoms with Crippen LogP contribution in [0.2, 0.25) is 0 Å². The zero-order valence-electron chi connectivity index (χ0n) is 9.87. The normalized spacial score (nSPS) is 20.4. The number of fused-ring (bicyclic) bond motifs is 1. The maximum atomic E-state index is 5.95. The van der Waals surface area contributed by atoms with Crippen molar-refractivity contribution in [2.45, 2.75) is 25.8 Å². The Kier molecular flexibility index (Phi) is 2.44. The molecule has 1 fully saturated rings. The Hall–Kier alpha value is -1.69. The van der Waals surface area contributed by atoms with Crippen LogP contribution >= 0.6 is 0 Å². The lowest BCUT2D eigenvalue weighted by Crippen LogP contribution is -2.27. The SMILES string of the molecule is CCc1cc(N2CC[C@H](N)C2)n2cnnc2n1. The van der Waals surface area contributed by atoms with Crippen LogP contribution in [0.4, 0.5) is 5.82 Å². The molecule has 6 heteroatoms. The molecule has 3 heterocycles. The largest absolute Gasteiger partial charge is 0.356 e. The second-order valence-electron chi connectivity index (χ2n) is 4.45. The topological polar surface area (TPSA) is 72.3 Å². The van der Waals surface area contributed by atoms with E-state index >= 15 is 0 Å². The molecule has 6 nitrogen and oxygen atoms in total. The van der Waals surface area contributed by atoms with Crippen molar-refractivity contribution in [2.24, 2.45) is 5.73 Å². The number of nitrogens with two attached hydrogens (primary N) is 1. The number of rotatable bonds is 2. The highest BCUT2D eigenvalue weighted by atomic mass is 15.3. The number of aryl methyl sites for hydroxylation is 1. The fraction of sp³-hybridized carbons (Fsp3) is 0.545. The Morgan fingerprint density at radius 1 is 1.53 bits per heavy atom. The molecule has 0 bridgehead atoms. The minimum Gasteiger partial charge on any atom is -0.356 e. The summed E-state index contributed by atoms with van der Waals surface area (Å²) in [5.74, 6) is 1.77. The molecule has 0 aromatic carbocycles. The maximum absolute atomic E-state index is 5.95. The second kappa shape index (κ2) is 3.96. The van der Waals surface area contributed by atoms with Crippen LogP contribution in [-0.4, -0.2) is 38.7 Å². The van der Waals surface area contributed by atoms with Gasteiger partial charge in [0.25, 0.3) is 5.78 Å². The summed E-state index contributed by atoms with van der Waals surface area (Å²) in [4.78, 5) is 6.72. The fourth-order valence-corrected chi connectivity index (χ4v) is 2.27. The van der Waals surface area contributed by atoms with Gasteiger partial charge in [-0.2, -0.15) is 0 Å². The molecular formula is C11H16N6. The summed E-state index contributed by atoms with van der Waals surface area (Å²) in [5.41, 5.74) is 7.00. The molecule has 0 unspecified atom stereocenters. The monoisotopic (exact) mass is 232 g/mol. The van der Waals surface area contributed by atoms with Crippen molar-refractivity contribution in [3.05, 3.63) is 18.1 Å². The summed E-state index contributed by atoms with van der Waals surface area (Å²) in [6, 6.07) is 2.37. The number of aromatic nitrogens is 4. The lowest BCUT2D eigenvalue weighted by atomic mass is 10.3. The Morgan fingerprint density at radius 3 is 3.12 bits per heavy atom. The highest BCUT2D eigenvalue weighted by molar-refractivity contribution is 5.49. The van der Waals surface area contributed by atoms with Crippen LogP contribution in [0, 0.1) is 0 Å². The van der Waals surface area contributed by atoms with E-state index in [0.717, 1.165) is 37.4 Å². The van der Waals surface area contributed by atoms with Crippen LogP contribution < -0.4 is 10.6 Å². The first-order valence-corrected chi connectivity index (χ1v) is 5.98. The molecule has 17 heavy (non-hydrogen) atoms. The number of hydrogen-bond acceptors (Lipinski definition) is 5. The van der Waals surface area contributed by atoms with E-state index in [-0.39, 0.29) is 6.04 Å². The molecule has 2 aromatic rings. The third-order valence-corrected chi connectivity index (χ3v) is 3.23. The molecule has 90 valence electrons. The molecule has 0 aliphatic carbocycles. The molecule has 0 radical (unpaired) electrons. The maximum Gasteiger partial charge on any atom is 0.256 e. The molecule has 3 rings (SSSR count). The van der Waals surface area contributed by atoms with E-state index in [4.69, 9.17) is 5.73 Å². The van der Waals surface area contributed by atoms with Gasteiger partial charge in [0.2, 0.25) is 0 Å². The standard InChI is InChI=1S/C11H16N6/c1-2-9-5-10(16-4-3-8(12)6-16)17-7-13-15-11(17)14-9/h5,7-8H,2-4,6,12H2,1H3/t8-/m0/s1. The summed E-state index contributed by atoms with van der Waals surface area (Å²) in [5, 5.41) is 7.94. The number of nitrogens with zero attached hydrogens (tertiary/aromatic N) is 5. The number of hydrogen-bond donors (Lipinski definition) is 1. The fourth-order valence-electron chi connectivity index (χ4n) is 2.27. The van der Waals surface area contributed by atoms with E-state index in [1.807, 2.05) is 4.40 Å². The van der Waals surface area contributed by atoms with Gasteiger partial charge in [-0.3, -0.25) is 4.40 Å². The summed E-state index contributed by atoms with van der Waals surface area (Å²) >= 11 is 0. The lowest BCUT2D eigenvalue weighted by Gasteiger charge is -2.19. The van der Waals surface area contributed by atoms with Crippen molar-refractivity contribution in [1.29, 1.82) is 0 Å². The van der Waals surface area contributed by atoms with E-state index in [9.17, 15) is 0 Å². The van der Waals surface area contributed by atoms with E-state index in [1.165, 1.54) is 0 Å². The Morgan fingerprint density at radius 2 is 2.41 bits per heavy atom. The van der Waals surface area contributed by atoms with Gasteiger partial charge in [0.05, 0.1) is 0 Å². The van der Waals surface area contributed by atoms with E-state index in [0.29, 0.717) is 5.78 Å². The minimum atomic E-state index is 0.264. The first kappa shape index (κ1) is 10.5. The molecular weight excluding hydrogens is 216 g/mol. The van der Waals surface area contributed by atoms with Gasteiger partial charge in [0.15, 0.2) is 0 Å². The van der Waals surface area contributed by atoms with Crippen LogP contribution in [0.25, 0.3) is 5.78 Å². The summed E-state index contributed by atoms with van der Waals surface area (Å²) in [7, 11) is 0. The van der Waals surface area contributed by atoms with Crippen molar-refractivity contribution in [3.8, 4) is 0 Å². The molecule has 0 amide bonds. The minimum absolute atomic E-state index is 0.264. The Labute approximate surface area is 99.5 Å². The molecule has 1 aliphatic rings. The van der Waals surface area contributed by atoms with E-state index in [1.54, 1.807) is 6.33 Å². The zero-order chi connectivity index (χ0) is 11.8. The van der Waals surface area contributed by atoms with Crippen LogP contribution in [0.15, 0.2) is 12.4 Å². The highest BCUT2D eigenvalue weighted by Crippen LogP contribution is 2.21. The zero-order valence-corrected chi connectivity index (χ0v) is 9.87. The number of anilines is 1. The van der Waals surface area contributed by atoms with Crippen LogP contribution in [0.5, 0.6) is 0 Å². The first-order chi connectivity index (χ1) is 8.28. The average Bonchev–Trinajstić information content (AvgIpc) is 2.95. The van der Waals surface area contributed by atoms with Gasteiger partial charge in [-0.05, 0) is 12.8 Å². The quantitative estimate of drug-likeness (QED) is 0.802. The van der Waals surface area contributed by atoms with Crippen LogP contribution in [-0.2, 0) is 6.42 Å². The second-order valence-corrected chi connectivity index (χ2v) is 4.45. The van der Waals surface area contributed by atoms with Crippen LogP contribution in [0.3, 0.4) is 0 Å². The van der Waals surface area contributed by atoms with Gasteiger partial charge < -0.3 is 10.6 Å². The van der Waals surface area contributed by atoms with Gasteiger partial charge >= 0.3 is 0 Å². The molecule has 0 saturated carbocycles. The predicted molar refractivity (Wildman–Crippen MR) is 65.0 cm³/mol. The average molecular weight is 232 g/mol. The van der Waals surface area contributed by atoms with E-state index < -0.39 is 0 Å². The molecule has 2 aromatic heterocycles. The Balaban J connectivity index is 2.10. The first-order valence-electron chi connectivity index (χ1n) is 5.98. The Bertz CT molecular complexity index is 534. The lowest BCUT2D eigenvalue weighted by molar-refractivity contribution is 0.750. The van der Waals surface area contributed by atoms with Crippen molar-refractivity contribution in [3.63, 3.8) is 0 Å². The molecule has 1 aliphatic heterocycles. The van der Waals surface area contributed by atoms with Gasteiger partial charge in [0.1, 0.15) is 12.1 Å². The third kappa shape index (κ3) is 1.74. The molecule has 1 atom stereocenters. The van der Waals surface area contributed by atoms with E-state index in [2.05, 4.69) is 33.1 Å². The van der Waals surface area contributed by atoms with Gasteiger partial charge in [0, 0.05) is 30.9 Å². The smallest absolute Gasteiger partial charge is 0.256 e. The molecule has 1 saturated heterocycles. The van der Waals surface area contributed by atoms with Crippen molar-refractivity contribution in [2.75, 3.05) is 18.0 Å². The highest BCUT2D eigenvalue weighted by Gasteiger charge is 2.22. The molecule has 0 spiro atoms. The van der Waals surface area contributed by atoms with Crippen LogP contribution in [0.1, 0.15) is 19.0 Å². The summed E-state index contributed by atoms with van der Waals surface area (Å²) < 4.78 is 1.93. The summed E-state index contributed by atoms with van der Waals surface area (Å²) in [6.07, 6.45) is 3.64. The third-order valence-electron chi connectivity index (χ3n) is 3.23. The summed E-state index contributed by atoms with van der Waals surface area (Å²) in [6.45, 7) is 3.97. The van der Waals surface area contributed by atoms with Crippen molar-refractivity contribution in [1.82, 2.24) is 19.6 Å². The van der Waals surface area contributed by atoms with Gasteiger partial charge in [-0.1, -0.05) is 6.92 Å².